The maximum atomic E-state index is 7.88. The maximum Gasteiger partial charge on any atom is 0.154 e. The summed E-state index contributed by atoms with van der Waals surface area (Å²) in [6.07, 6.45) is 0. The topological polar surface area (TPSA) is 81.9 Å². The molecule has 43 valence electrons. The first-order valence-corrected chi connectivity index (χ1v) is 0.833. The van der Waals surface area contributed by atoms with E-state index in [1.165, 1.54) is 0 Å². The quantitative estimate of drug-likeness (QED) is 0.186. The van der Waals surface area contributed by atoms with Crippen molar-refractivity contribution >= 4 is 0 Å². The summed E-state index contributed by atoms with van der Waals surface area (Å²) in [5.74, 6) is 0. The predicted octanol–water partition coefficient (Wildman–Crippen LogP) is -0.800. The molecule has 4 nitrogen and oxygen atoms in total. The second kappa shape index (κ2) is 98.8. The molecule has 0 atom stereocenters. The minimum absolute atomic E-state index is 0. The molecule has 5 heteroatoms. The molecular formula is C2H4ArNO3. The van der Waals surface area contributed by atoms with E-state index < -0.39 is 0 Å². The molecule has 0 aliphatic carbocycles. The van der Waals surface area contributed by atoms with Crippen LogP contribution in [0.25, 0.3) is 0 Å². The summed E-state index contributed by atoms with van der Waals surface area (Å²) >= 11 is 0. The van der Waals surface area contributed by atoms with E-state index in [1.807, 2.05) is 0 Å². The Balaban J connectivity index is -0.0000000105. The number of hydrogen-bond acceptors (Lipinski definition) is 2. The third-order valence-corrected chi connectivity index (χ3v) is 0. The van der Waals surface area contributed by atoms with Gasteiger partial charge in [-0.15, -0.1) is 13.2 Å². The molecular weight excluding hydrogens is 126 g/mol. The Morgan fingerprint density at radius 1 is 1.43 bits per heavy atom. The van der Waals surface area contributed by atoms with Crippen LogP contribution in [0.2, 0.25) is 0 Å². The van der Waals surface area contributed by atoms with Crippen LogP contribution < -0.4 is 11.4 Å². The van der Waals surface area contributed by atoms with E-state index in [0.29, 0.717) is 0 Å². The SMILES string of the molecule is C=C.O=[O+][O-].[Ar].[N]. The van der Waals surface area contributed by atoms with E-state index in [-0.39, 0.29) is 43.9 Å². The van der Waals surface area contributed by atoms with E-state index >= 15 is 0 Å². The van der Waals surface area contributed by atoms with E-state index in [2.05, 4.69) is 13.2 Å². The number of hydrogen-bond donors (Lipinski definition) is 0. The molecule has 0 aromatic heterocycles. The molecule has 0 rings (SSSR count). The monoisotopic (exact) mass is 130 g/mol. The molecule has 0 heterocycles. The zero-order valence-corrected chi connectivity index (χ0v) is 4.15. The molecule has 0 spiro atoms. The first kappa shape index (κ1) is 26.4. The summed E-state index contributed by atoms with van der Waals surface area (Å²) in [7, 11) is 0. The summed E-state index contributed by atoms with van der Waals surface area (Å²) in [5, 5.41) is 7.88. The Bertz CT molecular complexity index is 26.9. The van der Waals surface area contributed by atoms with Crippen molar-refractivity contribution in [1.82, 2.24) is 6.15 Å². The van der Waals surface area contributed by atoms with Crippen LogP contribution in [0.4, 0.5) is 0 Å². The second-order valence-electron chi connectivity index (χ2n) is 0.0680. The molecule has 0 unspecified atom stereocenters. The van der Waals surface area contributed by atoms with E-state index in [4.69, 9.17) is 10.2 Å². The van der Waals surface area contributed by atoms with E-state index in [1.54, 1.807) is 4.75 Å². The third-order valence-electron chi connectivity index (χ3n) is 0. The molecule has 0 aromatic rings. The number of rotatable bonds is 0. The molecule has 0 aliphatic heterocycles. The standard InChI is InChI=1S/C2H4.Ar.N.O3/c1-2;;;1-3-2/h1-2H2;;;. The van der Waals surface area contributed by atoms with E-state index in [0.717, 1.165) is 0 Å². The van der Waals surface area contributed by atoms with Crippen LogP contribution in [-0.4, -0.2) is 0 Å². The second-order valence-corrected chi connectivity index (χ2v) is 0.0680. The predicted molar refractivity (Wildman–Crippen MR) is 20.1 cm³/mol. The van der Waals surface area contributed by atoms with Gasteiger partial charge in [-0.25, -0.2) is 0 Å². The Hall–Kier alpha value is 0.360. The Kier molecular flexibility index (Phi) is 372. The van der Waals surface area contributed by atoms with Crippen molar-refractivity contribution in [1.29, 1.82) is 0 Å². The zero-order chi connectivity index (χ0) is 4.71. The summed E-state index contributed by atoms with van der Waals surface area (Å²) in [4.78, 5) is 7.88. The minimum atomic E-state index is 0. The molecule has 0 amide bonds. The van der Waals surface area contributed by atoms with Gasteiger partial charge in [0, 0.05) is 43.9 Å². The Morgan fingerprint density at radius 3 is 1.43 bits per heavy atom. The van der Waals surface area contributed by atoms with Crippen LogP contribution in [0.5, 0.6) is 0 Å². The van der Waals surface area contributed by atoms with Crippen molar-refractivity contribution in [2.45, 2.75) is 0 Å². The summed E-state index contributed by atoms with van der Waals surface area (Å²) in [5.41, 5.74) is 0. The molecule has 0 aromatic carbocycles. The van der Waals surface area contributed by atoms with Crippen LogP contribution in [0.15, 0.2) is 13.2 Å². The van der Waals surface area contributed by atoms with Gasteiger partial charge in [-0.05, 0) is 0 Å². The van der Waals surface area contributed by atoms with Gasteiger partial charge in [0.25, 0.3) is 0 Å². The summed E-state index contributed by atoms with van der Waals surface area (Å²) in [6.45, 7) is 6.00. The van der Waals surface area contributed by atoms with Gasteiger partial charge < -0.3 is 0 Å². The summed E-state index contributed by atoms with van der Waals surface area (Å²) in [6, 6.07) is 0. The Morgan fingerprint density at radius 2 is 1.43 bits per heavy atom. The smallest absolute Gasteiger partial charge is 0.106 e. The summed E-state index contributed by atoms with van der Waals surface area (Å²) < 4.78 is 1.75. The number of nitrogens with zero attached hydrogens (tertiary/aromatic N) is 1. The van der Waals surface area contributed by atoms with Crippen LogP contribution >= 0.6 is 0 Å². The molecule has 0 aliphatic rings. The molecule has 0 bridgehead atoms. The van der Waals surface area contributed by atoms with Gasteiger partial charge in [0.05, 0.1) is 0 Å². The third kappa shape index (κ3) is 934. The fourth-order valence-electron chi connectivity index (χ4n) is 0. The van der Waals surface area contributed by atoms with Gasteiger partial charge in [0.15, 0.2) is 4.75 Å². The van der Waals surface area contributed by atoms with Gasteiger partial charge in [0.1, 0.15) is 0 Å². The molecule has 3 radical (unpaired) electrons. The molecule has 0 saturated carbocycles. The zero-order valence-electron chi connectivity index (χ0n) is 3.44. The van der Waals surface area contributed by atoms with Crippen molar-refractivity contribution in [2.75, 3.05) is 0 Å². The van der Waals surface area contributed by atoms with Gasteiger partial charge in [0.2, 0.25) is 0 Å². The first-order chi connectivity index (χ1) is 2.41. The fourth-order valence-corrected chi connectivity index (χ4v) is 0. The normalized spacial score (nSPS) is 2.29. The average molecular weight is 130 g/mol. The first-order valence-electron chi connectivity index (χ1n) is 0.833. The van der Waals surface area contributed by atoms with Crippen LogP contribution in [-0.2, 0) is 0 Å². The van der Waals surface area contributed by atoms with Crippen molar-refractivity contribution in [3.05, 3.63) is 22.9 Å². The molecule has 7 heavy (non-hydrogen) atoms. The maximum absolute atomic E-state index is 7.88. The molecule has 0 N–H and O–H groups in total. The molecule has 0 fully saturated rings. The largest absolute Gasteiger partial charge is 0.154 e. The molecule has 0 saturated heterocycles. The van der Waals surface area contributed by atoms with Crippen molar-refractivity contribution in [3.8, 4) is 0 Å². The van der Waals surface area contributed by atoms with Gasteiger partial charge in [-0.1, -0.05) is 10.2 Å². The van der Waals surface area contributed by atoms with Gasteiger partial charge in [-0.3, -0.25) is 0 Å². The Labute approximate surface area is 71.6 Å². The van der Waals surface area contributed by atoms with Crippen LogP contribution in [0.3, 0.4) is 0 Å². The average Bonchev–Trinajstić information content (AvgIpc) is 1.46. The van der Waals surface area contributed by atoms with E-state index in [9.17, 15) is 0 Å². The van der Waals surface area contributed by atoms with Crippen LogP contribution in [0, 0.1) is 47.4 Å². The van der Waals surface area contributed by atoms with Crippen molar-refractivity contribution < 1.29 is 43.0 Å². The van der Waals surface area contributed by atoms with Gasteiger partial charge >= 0.3 is 0 Å². The minimum Gasteiger partial charge on any atom is -0.106 e. The van der Waals surface area contributed by atoms with Crippen molar-refractivity contribution in [3.63, 3.8) is 0 Å². The van der Waals surface area contributed by atoms with Crippen LogP contribution in [0.1, 0.15) is 0 Å². The van der Waals surface area contributed by atoms with Crippen molar-refractivity contribution in [2.24, 2.45) is 0 Å². The fraction of sp³-hybridized carbons (Fsp3) is 0. The van der Waals surface area contributed by atoms with Gasteiger partial charge in [-0.2, -0.15) is 0 Å².